The summed E-state index contributed by atoms with van der Waals surface area (Å²) in [5, 5.41) is 11.6. The summed E-state index contributed by atoms with van der Waals surface area (Å²) in [6.45, 7) is 9.43. The van der Waals surface area contributed by atoms with Gasteiger partial charge >= 0.3 is 0 Å². The topological polar surface area (TPSA) is 87.2 Å². The van der Waals surface area contributed by atoms with E-state index in [-0.39, 0.29) is 12.5 Å². The first-order valence-corrected chi connectivity index (χ1v) is 12.2. The molecular weight excluding hydrogens is 463 g/mol. The first kappa shape index (κ1) is 24.4. The van der Waals surface area contributed by atoms with Crippen LogP contribution in [0.4, 0.5) is 15.9 Å². The molecule has 2 N–H and O–H groups in total. The van der Waals surface area contributed by atoms with Gasteiger partial charge in [0, 0.05) is 61.3 Å². The molecule has 0 unspecified atom stereocenters. The zero-order valence-corrected chi connectivity index (χ0v) is 20.6. The lowest BCUT2D eigenvalue weighted by Gasteiger charge is -2.35. The number of aliphatic hydroxyl groups is 1. The second kappa shape index (κ2) is 10.0. The van der Waals surface area contributed by atoms with Crippen LogP contribution in [-0.4, -0.2) is 79.0 Å². The molecular formula is C27H31FN4O4. The van der Waals surface area contributed by atoms with E-state index in [9.17, 15) is 9.18 Å². The van der Waals surface area contributed by atoms with Crippen LogP contribution in [0.2, 0.25) is 0 Å². The molecule has 1 aromatic heterocycles. The number of aromatic nitrogens is 1. The van der Waals surface area contributed by atoms with E-state index in [0.29, 0.717) is 35.8 Å². The normalized spacial score (nSPS) is 21.3. The number of carbonyl (C=O) groups is 1. The number of amides is 1. The molecule has 36 heavy (non-hydrogen) atoms. The molecule has 1 saturated heterocycles. The van der Waals surface area contributed by atoms with E-state index in [1.165, 1.54) is 12.1 Å². The van der Waals surface area contributed by atoms with E-state index in [1.54, 1.807) is 6.07 Å². The minimum Gasteiger partial charge on any atom is -0.482 e. The molecule has 0 aliphatic carbocycles. The van der Waals surface area contributed by atoms with Gasteiger partial charge in [-0.15, -0.1) is 0 Å². The van der Waals surface area contributed by atoms with Crippen molar-refractivity contribution in [3.8, 4) is 0 Å². The lowest BCUT2D eigenvalue weighted by Crippen LogP contribution is -2.47. The number of rotatable bonds is 7. The molecule has 3 aliphatic heterocycles. The van der Waals surface area contributed by atoms with Crippen LogP contribution in [0, 0.1) is 5.82 Å². The highest BCUT2D eigenvalue weighted by Crippen LogP contribution is 2.44. The number of hydrogen-bond donors (Lipinski definition) is 2. The Morgan fingerprint density at radius 1 is 1.17 bits per heavy atom. The Bertz CT molecular complexity index is 1200. The summed E-state index contributed by atoms with van der Waals surface area (Å²) in [7, 11) is 0. The number of ether oxygens (including phenoxy) is 2. The fraction of sp³-hybridized carbons (Fsp3) is 0.407. The molecule has 9 heteroatoms. The number of allylic oxidation sites excluding steroid dienone is 1. The fourth-order valence-electron chi connectivity index (χ4n) is 4.90. The third-order valence-electron chi connectivity index (χ3n) is 6.80. The van der Waals surface area contributed by atoms with E-state index in [0.717, 1.165) is 49.7 Å². The summed E-state index contributed by atoms with van der Waals surface area (Å²) in [5.74, 6) is 0.650. The van der Waals surface area contributed by atoms with Gasteiger partial charge in [0.2, 0.25) is 0 Å². The molecule has 1 fully saturated rings. The van der Waals surface area contributed by atoms with Crippen LogP contribution in [0.5, 0.6) is 0 Å². The van der Waals surface area contributed by atoms with E-state index < -0.39 is 11.4 Å². The van der Waals surface area contributed by atoms with Gasteiger partial charge in [-0.25, -0.2) is 9.37 Å². The Hall–Kier alpha value is -3.27. The zero-order chi connectivity index (χ0) is 25.3. The van der Waals surface area contributed by atoms with Crippen molar-refractivity contribution in [1.82, 2.24) is 9.88 Å². The van der Waals surface area contributed by atoms with Crippen molar-refractivity contribution in [2.75, 3.05) is 62.8 Å². The number of benzene rings is 1. The van der Waals surface area contributed by atoms with E-state index in [4.69, 9.17) is 19.6 Å². The lowest BCUT2D eigenvalue weighted by atomic mass is 9.93. The number of nitrogens with one attached hydrogen (secondary N) is 1. The van der Waals surface area contributed by atoms with Crippen molar-refractivity contribution in [1.29, 1.82) is 0 Å². The lowest BCUT2D eigenvalue weighted by molar-refractivity contribution is -0.111. The first-order valence-electron chi connectivity index (χ1n) is 12.2. The Kier molecular flexibility index (Phi) is 6.79. The van der Waals surface area contributed by atoms with Gasteiger partial charge < -0.3 is 24.8 Å². The number of piperazine rings is 1. The van der Waals surface area contributed by atoms with Crippen molar-refractivity contribution in [3.05, 3.63) is 65.3 Å². The predicted molar refractivity (Wildman–Crippen MR) is 136 cm³/mol. The molecule has 0 bridgehead atoms. The van der Waals surface area contributed by atoms with Gasteiger partial charge in [0.05, 0.1) is 25.4 Å². The van der Waals surface area contributed by atoms with Gasteiger partial charge in [-0.1, -0.05) is 0 Å². The number of hydrogen-bond acceptors (Lipinski definition) is 7. The molecule has 4 heterocycles. The van der Waals surface area contributed by atoms with Crippen molar-refractivity contribution in [2.24, 2.45) is 0 Å². The SMILES string of the molecule is CC1(C)O/C(=C2/C(=O)Nc3ccc(F)cc32)C=C1c1ccc(N2CCN(CCOCCO)CC2)nc1. The van der Waals surface area contributed by atoms with Crippen molar-refractivity contribution < 1.29 is 23.8 Å². The minimum atomic E-state index is -0.675. The number of anilines is 2. The second-order valence-corrected chi connectivity index (χ2v) is 9.62. The van der Waals surface area contributed by atoms with Crippen molar-refractivity contribution in [3.63, 3.8) is 0 Å². The molecule has 1 amide bonds. The molecule has 0 atom stereocenters. The van der Waals surface area contributed by atoms with Crippen molar-refractivity contribution >= 4 is 28.6 Å². The Balaban J connectivity index is 1.31. The van der Waals surface area contributed by atoms with Crippen LogP contribution in [0.1, 0.15) is 25.0 Å². The third-order valence-corrected chi connectivity index (χ3v) is 6.80. The van der Waals surface area contributed by atoms with Gasteiger partial charge in [-0.3, -0.25) is 9.69 Å². The fourth-order valence-corrected chi connectivity index (χ4v) is 4.90. The molecule has 190 valence electrons. The standard InChI is InChI=1S/C27H31FN4O4/c1-27(2)21(16-23(36-27)25-20-15-19(28)4-5-22(20)30-26(25)34)18-3-6-24(29-17-18)32-9-7-31(8-10-32)11-13-35-14-12-33/h3-6,15-17,33H,7-14H2,1-2H3,(H,30,34)/b25-23+. The number of aliphatic hydroxyl groups excluding tert-OH is 1. The maximum Gasteiger partial charge on any atom is 0.260 e. The number of carbonyl (C=O) groups excluding carboxylic acids is 1. The number of halogens is 1. The van der Waals surface area contributed by atoms with Crippen molar-refractivity contribution in [2.45, 2.75) is 19.4 Å². The highest BCUT2D eigenvalue weighted by Gasteiger charge is 2.38. The molecule has 0 spiro atoms. The van der Waals surface area contributed by atoms with E-state index in [1.807, 2.05) is 38.3 Å². The second-order valence-electron chi connectivity index (χ2n) is 9.62. The summed E-state index contributed by atoms with van der Waals surface area (Å²) in [6.07, 6.45) is 3.71. The van der Waals surface area contributed by atoms with Crippen LogP contribution in [0.15, 0.2) is 48.4 Å². The highest BCUT2D eigenvalue weighted by atomic mass is 19.1. The first-order chi connectivity index (χ1) is 17.4. The van der Waals surface area contributed by atoms with Gasteiger partial charge in [-0.05, 0) is 50.3 Å². The summed E-state index contributed by atoms with van der Waals surface area (Å²) in [4.78, 5) is 22.0. The van der Waals surface area contributed by atoms with E-state index in [2.05, 4.69) is 15.1 Å². The molecule has 1 aromatic carbocycles. The quantitative estimate of drug-likeness (QED) is 0.452. The molecule has 5 rings (SSSR count). The average Bonchev–Trinajstić information content (AvgIpc) is 3.36. The Morgan fingerprint density at radius 2 is 1.97 bits per heavy atom. The largest absolute Gasteiger partial charge is 0.482 e. The number of nitrogens with zero attached hydrogens (tertiary/aromatic N) is 3. The summed E-state index contributed by atoms with van der Waals surface area (Å²) in [6, 6.07) is 8.30. The zero-order valence-electron chi connectivity index (χ0n) is 20.6. The van der Waals surface area contributed by atoms with Gasteiger partial charge in [0.15, 0.2) is 0 Å². The van der Waals surface area contributed by atoms with Gasteiger partial charge in [-0.2, -0.15) is 0 Å². The average molecular weight is 495 g/mol. The van der Waals surface area contributed by atoms with Crippen LogP contribution in [-0.2, 0) is 14.3 Å². The third kappa shape index (κ3) is 4.86. The summed E-state index contributed by atoms with van der Waals surface area (Å²) >= 11 is 0. The van der Waals surface area contributed by atoms with Crippen LogP contribution >= 0.6 is 0 Å². The van der Waals surface area contributed by atoms with Crippen LogP contribution < -0.4 is 10.2 Å². The van der Waals surface area contributed by atoms with Crippen LogP contribution in [0.3, 0.4) is 0 Å². The number of fused-ring (bicyclic) bond motifs is 1. The smallest absolute Gasteiger partial charge is 0.260 e. The molecule has 3 aliphatic rings. The molecule has 0 radical (unpaired) electrons. The molecule has 0 saturated carbocycles. The molecule has 2 aromatic rings. The van der Waals surface area contributed by atoms with E-state index >= 15 is 0 Å². The highest BCUT2D eigenvalue weighted by molar-refractivity contribution is 6.32. The van der Waals surface area contributed by atoms with Crippen LogP contribution in [0.25, 0.3) is 11.1 Å². The minimum absolute atomic E-state index is 0.0533. The predicted octanol–water partition coefficient (Wildman–Crippen LogP) is 2.91. The maximum absolute atomic E-state index is 13.9. The monoisotopic (exact) mass is 494 g/mol. The Morgan fingerprint density at radius 3 is 2.69 bits per heavy atom. The van der Waals surface area contributed by atoms with Gasteiger partial charge in [0.25, 0.3) is 5.91 Å². The summed E-state index contributed by atoms with van der Waals surface area (Å²) in [5.41, 5.74) is 2.58. The molecule has 8 nitrogen and oxygen atoms in total. The number of pyridine rings is 1. The maximum atomic E-state index is 13.9. The Labute approximate surface area is 210 Å². The van der Waals surface area contributed by atoms with Gasteiger partial charge in [0.1, 0.15) is 23.0 Å². The summed E-state index contributed by atoms with van der Waals surface area (Å²) < 4.78 is 25.5.